The molecule has 1 aromatic carbocycles. The van der Waals surface area contributed by atoms with Gasteiger partial charge in [0.1, 0.15) is 0 Å². The van der Waals surface area contributed by atoms with E-state index in [1.807, 2.05) is 13.8 Å². The van der Waals surface area contributed by atoms with Gasteiger partial charge in [-0.3, -0.25) is 14.9 Å². The molecule has 7 heteroatoms. The predicted octanol–water partition coefficient (Wildman–Crippen LogP) is 2.67. The van der Waals surface area contributed by atoms with Crippen LogP contribution in [0.5, 0.6) is 0 Å². The van der Waals surface area contributed by atoms with Crippen LogP contribution in [0.15, 0.2) is 18.2 Å². The van der Waals surface area contributed by atoms with Gasteiger partial charge < -0.3 is 10.1 Å². The zero-order valence-corrected chi connectivity index (χ0v) is 12.1. The van der Waals surface area contributed by atoms with Crippen molar-refractivity contribution in [3.05, 3.63) is 39.7 Å². The summed E-state index contributed by atoms with van der Waals surface area (Å²) < 4.78 is 18.7. The monoisotopic (exact) mass is 298 g/mol. The Labute approximate surface area is 122 Å². The van der Waals surface area contributed by atoms with E-state index in [2.05, 4.69) is 5.32 Å². The van der Waals surface area contributed by atoms with E-state index in [0.717, 1.165) is 25.0 Å². The van der Waals surface area contributed by atoms with Gasteiger partial charge in [-0.2, -0.15) is 4.39 Å². The number of hydrogen-bond donors (Lipinski definition) is 1. The summed E-state index contributed by atoms with van der Waals surface area (Å²) in [5.41, 5.74) is -0.575. The van der Waals surface area contributed by atoms with Crippen molar-refractivity contribution >= 4 is 11.6 Å². The van der Waals surface area contributed by atoms with E-state index < -0.39 is 22.3 Å². The molecular formula is C14H19FN2O4. The molecule has 1 aromatic rings. The number of unbranched alkanes of at least 4 members (excludes halogenated alkanes) is 1. The number of nitro groups is 1. The predicted molar refractivity (Wildman–Crippen MR) is 75.7 cm³/mol. The van der Waals surface area contributed by atoms with E-state index >= 15 is 0 Å². The largest absolute Gasteiger partial charge is 0.379 e. The lowest BCUT2D eigenvalue weighted by atomic mass is 10.2. The molecule has 0 spiro atoms. The highest BCUT2D eigenvalue weighted by Crippen LogP contribution is 2.17. The maximum atomic E-state index is 13.4. The number of halogens is 1. The second-order valence-electron chi connectivity index (χ2n) is 4.81. The van der Waals surface area contributed by atoms with Crippen molar-refractivity contribution in [2.75, 3.05) is 13.2 Å². The summed E-state index contributed by atoms with van der Waals surface area (Å²) in [6, 6.07) is 3.09. The van der Waals surface area contributed by atoms with Crippen molar-refractivity contribution in [3.8, 4) is 0 Å². The Morgan fingerprint density at radius 2 is 2.14 bits per heavy atom. The second-order valence-corrected chi connectivity index (χ2v) is 4.81. The van der Waals surface area contributed by atoms with Crippen LogP contribution < -0.4 is 5.32 Å². The standard InChI is InChI=1S/C14H19FN2O4/c1-10(2)21-8-4-3-7-16-14(18)11-5-6-13(17(19)20)12(15)9-11/h5-6,9-10H,3-4,7-8H2,1-2H3,(H,16,18). The van der Waals surface area contributed by atoms with Crippen LogP contribution in [-0.4, -0.2) is 30.1 Å². The minimum atomic E-state index is -1.02. The average Bonchev–Trinajstić information content (AvgIpc) is 2.41. The summed E-state index contributed by atoms with van der Waals surface area (Å²) in [5.74, 6) is -1.47. The molecule has 0 aliphatic carbocycles. The van der Waals surface area contributed by atoms with Gasteiger partial charge >= 0.3 is 5.69 Å². The molecule has 0 radical (unpaired) electrons. The van der Waals surface area contributed by atoms with Crippen molar-refractivity contribution in [3.63, 3.8) is 0 Å². The van der Waals surface area contributed by atoms with Gasteiger partial charge in [-0.1, -0.05) is 0 Å². The van der Waals surface area contributed by atoms with Crippen LogP contribution in [-0.2, 0) is 4.74 Å². The smallest absolute Gasteiger partial charge is 0.304 e. The van der Waals surface area contributed by atoms with E-state index in [0.29, 0.717) is 13.2 Å². The number of nitrogens with zero attached hydrogens (tertiary/aromatic N) is 1. The summed E-state index contributed by atoms with van der Waals surface area (Å²) in [6.07, 6.45) is 1.74. The minimum absolute atomic E-state index is 0.0662. The van der Waals surface area contributed by atoms with Crippen LogP contribution in [0.2, 0.25) is 0 Å². The Morgan fingerprint density at radius 3 is 2.71 bits per heavy atom. The molecule has 6 nitrogen and oxygen atoms in total. The molecule has 0 unspecified atom stereocenters. The Balaban J connectivity index is 2.39. The zero-order valence-electron chi connectivity index (χ0n) is 12.1. The summed E-state index contributed by atoms with van der Waals surface area (Å²) in [5, 5.41) is 13.1. The molecule has 0 aliphatic rings. The molecular weight excluding hydrogens is 279 g/mol. The number of nitro benzene ring substituents is 1. The van der Waals surface area contributed by atoms with Crippen LogP contribution in [0.1, 0.15) is 37.0 Å². The lowest BCUT2D eigenvalue weighted by Gasteiger charge is -2.08. The zero-order chi connectivity index (χ0) is 15.8. The molecule has 0 atom stereocenters. The van der Waals surface area contributed by atoms with Gasteiger partial charge in [0.25, 0.3) is 5.91 Å². The van der Waals surface area contributed by atoms with Gasteiger partial charge in [-0.05, 0) is 38.8 Å². The lowest BCUT2D eigenvalue weighted by Crippen LogP contribution is -2.24. The normalized spacial score (nSPS) is 10.7. The van der Waals surface area contributed by atoms with Crippen molar-refractivity contribution in [2.45, 2.75) is 32.8 Å². The Bertz CT molecular complexity index is 506. The third-order valence-electron chi connectivity index (χ3n) is 2.71. The number of amides is 1. The maximum absolute atomic E-state index is 13.4. The quantitative estimate of drug-likeness (QED) is 0.454. The highest BCUT2D eigenvalue weighted by atomic mass is 19.1. The van der Waals surface area contributed by atoms with Crippen molar-refractivity contribution in [1.29, 1.82) is 0 Å². The molecule has 21 heavy (non-hydrogen) atoms. The third-order valence-corrected chi connectivity index (χ3v) is 2.71. The van der Waals surface area contributed by atoms with Gasteiger partial charge in [0.2, 0.25) is 5.82 Å². The maximum Gasteiger partial charge on any atom is 0.304 e. The minimum Gasteiger partial charge on any atom is -0.379 e. The summed E-state index contributed by atoms with van der Waals surface area (Å²) >= 11 is 0. The molecule has 1 N–H and O–H groups in total. The van der Waals surface area contributed by atoms with E-state index in [1.54, 1.807) is 0 Å². The Hall–Kier alpha value is -2.02. The van der Waals surface area contributed by atoms with Gasteiger partial charge in [-0.15, -0.1) is 0 Å². The van der Waals surface area contributed by atoms with Crippen LogP contribution >= 0.6 is 0 Å². The fraction of sp³-hybridized carbons (Fsp3) is 0.500. The fourth-order valence-corrected chi connectivity index (χ4v) is 1.65. The van der Waals surface area contributed by atoms with E-state index in [4.69, 9.17) is 4.74 Å². The number of nitrogens with one attached hydrogen (secondary N) is 1. The van der Waals surface area contributed by atoms with Crippen molar-refractivity contribution < 1.29 is 18.8 Å². The summed E-state index contributed by atoms with van der Waals surface area (Å²) in [6.45, 7) is 4.97. The van der Waals surface area contributed by atoms with Crippen LogP contribution in [0, 0.1) is 15.9 Å². The third kappa shape index (κ3) is 5.86. The molecule has 1 rings (SSSR count). The first-order valence-corrected chi connectivity index (χ1v) is 6.75. The average molecular weight is 298 g/mol. The lowest BCUT2D eigenvalue weighted by molar-refractivity contribution is -0.387. The SMILES string of the molecule is CC(C)OCCCCNC(=O)c1ccc([N+](=O)[O-])c(F)c1. The number of ether oxygens (including phenoxy) is 1. The molecule has 0 heterocycles. The topological polar surface area (TPSA) is 81.5 Å². The molecule has 116 valence electrons. The molecule has 0 fully saturated rings. The van der Waals surface area contributed by atoms with E-state index in [-0.39, 0.29) is 11.7 Å². The summed E-state index contributed by atoms with van der Waals surface area (Å²) in [4.78, 5) is 21.4. The number of rotatable bonds is 8. The Kier molecular flexibility index (Phi) is 6.74. The first-order valence-electron chi connectivity index (χ1n) is 6.75. The number of carbonyl (C=O) groups excluding carboxylic acids is 1. The number of hydrogen-bond acceptors (Lipinski definition) is 4. The Morgan fingerprint density at radius 1 is 1.43 bits per heavy atom. The molecule has 0 aromatic heterocycles. The van der Waals surface area contributed by atoms with Crippen LogP contribution in [0.3, 0.4) is 0 Å². The highest BCUT2D eigenvalue weighted by molar-refractivity contribution is 5.94. The van der Waals surface area contributed by atoms with Gasteiger partial charge in [0.15, 0.2) is 0 Å². The van der Waals surface area contributed by atoms with Crippen molar-refractivity contribution in [2.24, 2.45) is 0 Å². The number of carbonyl (C=O) groups is 1. The number of benzene rings is 1. The summed E-state index contributed by atoms with van der Waals surface area (Å²) in [7, 11) is 0. The van der Waals surface area contributed by atoms with Crippen LogP contribution in [0.4, 0.5) is 10.1 Å². The molecule has 0 saturated heterocycles. The van der Waals surface area contributed by atoms with E-state index in [9.17, 15) is 19.3 Å². The first kappa shape index (κ1) is 17.0. The van der Waals surface area contributed by atoms with Crippen molar-refractivity contribution in [1.82, 2.24) is 5.32 Å². The molecule has 1 amide bonds. The van der Waals surface area contributed by atoms with Crippen LogP contribution in [0.25, 0.3) is 0 Å². The van der Waals surface area contributed by atoms with Gasteiger partial charge in [-0.25, -0.2) is 0 Å². The molecule has 0 saturated carbocycles. The highest BCUT2D eigenvalue weighted by Gasteiger charge is 2.16. The molecule has 0 aliphatic heterocycles. The van der Waals surface area contributed by atoms with Gasteiger partial charge in [0, 0.05) is 24.8 Å². The van der Waals surface area contributed by atoms with E-state index in [1.165, 1.54) is 6.07 Å². The molecule has 0 bridgehead atoms. The fourth-order valence-electron chi connectivity index (χ4n) is 1.65. The van der Waals surface area contributed by atoms with Gasteiger partial charge in [0.05, 0.1) is 11.0 Å². The first-order chi connectivity index (χ1) is 9.91. The second kappa shape index (κ2) is 8.31.